The molecule has 1 aliphatic heterocycles. The lowest BCUT2D eigenvalue weighted by Crippen LogP contribution is -2.48. The van der Waals surface area contributed by atoms with E-state index < -0.39 is 18.1 Å². The molecular formula is C25H21ClFN3O4. The molecule has 34 heavy (non-hydrogen) atoms. The molecule has 3 aromatic rings. The summed E-state index contributed by atoms with van der Waals surface area (Å²) in [6, 6.07) is 16.9. The van der Waals surface area contributed by atoms with E-state index >= 15 is 0 Å². The maximum atomic E-state index is 14.6. The van der Waals surface area contributed by atoms with E-state index in [1.807, 2.05) is 30.3 Å². The highest BCUT2D eigenvalue weighted by Gasteiger charge is 2.21. The molecule has 0 bridgehead atoms. The van der Waals surface area contributed by atoms with Crippen LogP contribution in [0.25, 0.3) is 11.1 Å². The van der Waals surface area contributed by atoms with E-state index in [0.29, 0.717) is 16.5 Å². The van der Waals surface area contributed by atoms with Crippen molar-refractivity contribution in [1.29, 1.82) is 0 Å². The lowest BCUT2D eigenvalue weighted by molar-refractivity contribution is -0.120. The molecule has 7 nitrogen and oxygen atoms in total. The fraction of sp³-hybridized carbons (Fsp3) is 0.120. The maximum Gasteiger partial charge on any atom is 0.248 e. The molecule has 4 rings (SSSR count). The molecule has 1 heterocycles. The number of methoxy groups -OCH3 is 1. The van der Waals surface area contributed by atoms with Gasteiger partial charge in [-0.25, -0.2) is 4.39 Å². The average molecular weight is 482 g/mol. The van der Waals surface area contributed by atoms with Crippen molar-refractivity contribution < 1.29 is 23.8 Å². The molecule has 2 amide bonds. The summed E-state index contributed by atoms with van der Waals surface area (Å²) in [4.78, 5) is 25.1. The monoisotopic (exact) mass is 481 g/mol. The van der Waals surface area contributed by atoms with E-state index in [1.165, 1.54) is 29.3 Å². The quantitative estimate of drug-likeness (QED) is 0.494. The van der Waals surface area contributed by atoms with Crippen LogP contribution in [-0.4, -0.2) is 30.4 Å². The fourth-order valence-corrected chi connectivity index (χ4v) is 3.81. The number of amides is 2. The van der Waals surface area contributed by atoms with Crippen molar-refractivity contribution >= 4 is 34.8 Å². The van der Waals surface area contributed by atoms with Gasteiger partial charge in [0, 0.05) is 18.0 Å². The van der Waals surface area contributed by atoms with Crippen LogP contribution >= 0.6 is 11.6 Å². The summed E-state index contributed by atoms with van der Waals surface area (Å²) in [6.45, 7) is 0. The zero-order valence-corrected chi connectivity index (χ0v) is 18.8. The number of hydrogen-bond donors (Lipinski definition) is 3. The molecule has 0 spiro atoms. The zero-order valence-electron chi connectivity index (χ0n) is 18.1. The standard InChI is InChI=1S/C25H21ClFN3O4/c1-34-22-8-5-17(13-19(22)26)16-4-2-3-15(11-16)12-24(32)28-21-7-6-18(14-20(21)27)30-10-9-23(31)29-25(30)33/h2-11,13-14,25,33H,12H2,1H3,(H,28,32)(H,29,31). The fourth-order valence-electron chi connectivity index (χ4n) is 3.55. The number of nitrogens with one attached hydrogen (secondary N) is 2. The molecule has 0 aromatic heterocycles. The number of aliphatic hydroxyl groups is 1. The van der Waals surface area contributed by atoms with E-state index in [4.69, 9.17) is 16.3 Å². The van der Waals surface area contributed by atoms with Gasteiger partial charge in [-0.1, -0.05) is 41.9 Å². The summed E-state index contributed by atoms with van der Waals surface area (Å²) in [6.07, 6.45) is 1.29. The van der Waals surface area contributed by atoms with Crippen LogP contribution in [0.1, 0.15) is 5.56 Å². The second kappa shape index (κ2) is 9.94. The summed E-state index contributed by atoms with van der Waals surface area (Å²) in [5.74, 6) is -0.941. The highest BCUT2D eigenvalue weighted by Crippen LogP contribution is 2.30. The van der Waals surface area contributed by atoms with Gasteiger partial charge in [0.05, 0.1) is 24.2 Å². The highest BCUT2D eigenvalue weighted by molar-refractivity contribution is 6.32. The molecule has 3 N–H and O–H groups in total. The minimum absolute atomic E-state index is 0.00588. The largest absolute Gasteiger partial charge is 0.495 e. The van der Waals surface area contributed by atoms with Gasteiger partial charge >= 0.3 is 0 Å². The van der Waals surface area contributed by atoms with Crippen LogP contribution in [0.5, 0.6) is 5.75 Å². The van der Waals surface area contributed by atoms with Crippen molar-refractivity contribution in [2.45, 2.75) is 12.8 Å². The third-order valence-corrected chi connectivity index (χ3v) is 5.52. The number of halogens is 2. The Morgan fingerprint density at radius 1 is 1.18 bits per heavy atom. The molecule has 1 atom stereocenters. The summed E-state index contributed by atoms with van der Waals surface area (Å²) in [5.41, 5.74) is 2.82. The number of hydrogen-bond acceptors (Lipinski definition) is 5. The first-order valence-corrected chi connectivity index (χ1v) is 10.7. The highest BCUT2D eigenvalue weighted by atomic mass is 35.5. The predicted molar refractivity (Wildman–Crippen MR) is 128 cm³/mol. The second-order valence-electron chi connectivity index (χ2n) is 7.54. The Morgan fingerprint density at radius 3 is 2.68 bits per heavy atom. The molecule has 0 aliphatic carbocycles. The number of benzene rings is 3. The van der Waals surface area contributed by atoms with E-state index in [9.17, 15) is 19.1 Å². The number of carbonyl (C=O) groups excluding carboxylic acids is 2. The van der Waals surface area contributed by atoms with Gasteiger partial charge in [0.25, 0.3) is 0 Å². The van der Waals surface area contributed by atoms with Crippen LogP contribution in [0.3, 0.4) is 0 Å². The normalized spacial score (nSPS) is 15.1. The van der Waals surface area contributed by atoms with Crippen molar-refractivity contribution in [3.8, 4) is 16.9 Å². The lowest BCUT2D eigenvalue weighted by atomic mass is 10.0. The Kier molecular flexibility index (Phi) is 6.81. The number of ether oxygens (including phenoxy) is 1. The van der Waals surface area contributed by atoms with Crippen molar-refractivity contribution in [3.63, 3.8) is 0 Å². The van der Waals surface area contributed by atoms with Crippen molar-refractivity contribution in [3.05, 3.63) is 89.3 Å². The number of rotatable bonds is 6. The molecule has 1 unspecified atom stereocenters. The van der Waals surface area contributed by atoms with Crippen LogP contribution in [0.2, 0.25) is 5.02 Å². The molecule has 0 fully saturated rings. The van der Waals surface area contributed by atoms with Crippen LogP contribution in [0.15, 0.2) is 72.9 Å². The second-order valence-corrected chi connectivity index (χ2v) is 7.95. The number of anilines is 2. The summed E-state index contributed by atoms with van der Waals surface area (Å²) in [7, 11) is 1.55. The molecule has 1 aliphatic rings. The molecule has 174 valence electrons. The van der Waals surface area contributed by atoms with Crippen molar-refractivity contribution in [2.24, 2.45) is 0 Å². The topological polar surface area (TPSA) is 90.9 Å². The van der Waals surface area contributed by atoms with Gasteiger partial charge in [-0.15, -0.1) is 0 Å². The molecule has 0 saturated heterocycles. The zero-order chi connectivity index (χ0) is 24.2. The summed E-state index contributed by atoms with van der Waals surface area (Å²) >= 11 is 6.22. The van der Waals surface area contributed by atoms with Gasteiger partial charge < -0.3 is 25.4 Å². The minimum Gasteiger partial charge on any atom is -0.495 e. The van der Waals surface area contributed by atoms with E-state index in [1.54, 1.807) is 19.2 Å². The number of carbonyl (C=O) groups is 2. The third-order valence-electron chi connectivity index (χ3n) is 5.22. The Bertz CT molecular complexity index is 1280. The molecule has 0 saturated carbocycles. The molecule has 0 radical (unpaired) electrons. The molecule has 3 aromatic carbocycles. The van der Waals surface area contributed by atoms with Crippen LogP contribution in [0, 0.1) is 5.82 Å². The average Bonchev–Trinajstić information content (AvgIpc) is 2.80. The maximum absolute atomic E-state index is 14.6. The van der Waals surface area contributed by atoms with Gasteiger partial charge in [-0.2, -0.15) is 0 Å². The SMILES string of the molecule is COc1ccc(-c2cccc(CC(=O)Nc3ccc(N4C=CC(=O)NC4O)cc3F)c2)cc1Cl. The van der Waals surface area contributed by atoms with Gasteiger partial charge in [0.15, 0.2) is 0 Å². The van der Waals surface area contributed by atoms with Gasteiger partial charge in [-0.3, -0.25) is 9.59 Å². The third kappa shape index (κ3) is 5.19. The van der Waals surface area contributed by atoms with Crippen molar-refractivity contribution in [1.82, 2.24) is 5.32 Å². The van der Waals surface area contributed by atoms with E-state index in [-0.39, 0.29) is 18.0 Å². The van der Waals surface area contributed by atoms with Crippen LogP contribution < -0.4 is 20.3 Å². The first-order valence-electron chi connectivity index (χ1n) is 10.3. The molecular weight excluding hydrogens is 461 g/mol. The summed E-state index contributed by atoms with van der Waals surface area (Å²) in [5, 5.41) is 15.3. The van der Waals surface area contributed by atoms with E-state index in [0.717, 1.165) is 22.8 Å². The van der Waals surface area contributed by atoms with Gasteiger partial charge in [-0.05, 0) is 47.0 Å². The number of aliphatic hydroxyl groups excluding tert-OH is 1. The molecule has 9 heteroatoms. The smallest absolute Gasteiger partial charge is 0.248 e. The van der Waals surface area contributed by atoms with Gasteiger partial charge in [0.2, 0.25) is 18.2 Å². The number of nitrogens with zero attached hydrogens (tertiary/aromatic N) is 1. The first-order chi connectivity index (χ1) is 16.3. The summed E-state index contributed by atoms with van der Waals surface area (Å²) < 4.78 is 19.8. The Hall–Kier alpha value is -3.88. The van der Waals surface area contributed by atoms with Gasteiger partial charge in [0.1, 0.15) is 11.6 Å². The Labute approximate surface area is 200 Å². The van der Waals surface area contributed by atoms with Crippen LogP contribution in [-0.2, 0) is 16.0 Å². The Balaban J connectivity index is 1.45. The van der Waals surface area contributed by atoms with Crippen molar-refractivity contribution in [2.75, 3.05) is 17.3 Å². The first kappa shape index (κ1) is 23.3. The minimum atomic E-state index is -1.31. The van der Waals surface area contributed by atoms with Crippen LogP contribution in [0.4, 0.5) is 15.8 Å². The lowest BCUT2D eigenvalue weighted by Gasteiger charge is -2.29. The van der Waals surface area contributed by atoms with E-state index in [2.05, 4.69) is 10.6 Å². The Morgan fingerprint density at radius 2 is 1.97 bits per heavy atom. The predicted octanol–water partition coefficient (Wildman–Crippen LogP) is 4.06.